The van der Waals surface area contributed by atoms with Gasteiger partial charge in [0, 0.05) is 40.0 Å². The van der Waals surface area contributed by atoms with Crippen LogP contribution in [0, 0.1) is 15.5 Å². The standard InChI is InChI=1S/C19H20N2O3S/c1-19(2)7-5-14-13(10-19)17(18-15(20-14)6-8-25-18)12-9-11(21(23)24)3-4-16(12)22/h3-4,9-10,17,22H,5-8H2,1-2H3. The normalized spacial score (nSPS) is 24.3. The molecule has 5 nitrogen and oxygen atoms in total. The second-order valence-electron chi connectivity index (χ2n) is 7.49. The maximum Gasteiger partial charge on any atom is 0.270 e. The maximum atomic E-state index is 11.2. The lowest BCUT2D eigenvalue weighted by atomic mass is 9.72. The van der Waals surface area contributed by atoms with Crippen molar-refractivity contribution in [2.24, 2.45) is 10.4 Å². The van der Waals surface area contributed by atoms with E-state index in [0.29, 0.717) is 5.56 Å². The molecule has 0 saturated heterocycles. The van der Waals surface area contributed by atoms with E-state index in [9.17, 15) is 15.2 Å². The van der Waals surface area contributed by atoms with Gasteiger partial charge in [-0.15, -0.1) is 11.8 Å². The van der Waals surface area contributed by atoms with Crippen LogP contribution in [-0.4, -0.2) is 21.5 Å². The lowest BCUT2D eigenvalue weighted by molar-refractivity contribution is -0.384. The van der Waals surface area contributed by atoms with Crippen LogP contribution < -0.4 is 0 Å². The molecule has 1 atom stereocenters. The topological polar surface area (TPSA) is 75.7 Å². The fourth-order valence-corrected chi connectivity index (χ4v) is 5.11. The van der Waals surface area contributed by atoms with Crippen molar-refractivity contribution in [1.82, 2.24) is 0 Å². The summed E-state index contributed by atoms with van der Waals surface area (Å²) in [5, 5.41) is 21.7. The van der Waals surface area contributed by atoms with Gasteiger partial charge in [-0.2, -0.15) is 0 Å². The van der Waals surface area contributed by atoms with Gasteiger partial charge in [0.05, 0.1) is 10.6 Å². The Morgan fingerprint density at radius 2 is 2.16 bits per heavy atom. The van der Waals surface area contributed by atoms with Crippen LogP contribution in [0.1, 0.15) is 44.6 Å². The van der Waals surface area contributed by atoms with E-state index in [4.69, 9.17) is 4.99 Å². The summed E-state index contributed by atoms with van der Waals surface area (Å²) in [5.74, 6) is 0.944. The summed E-state index contributed by atoms with van der Waals surface area (Å²) in [7, 11) is 0. The molecule has 1 N–H and O–H groups in total. The average molecular weight is 356 g/mol. The monoisotopic (exact) mass is 356 g/mol. The van der Waals surface area contributed by atoms with Gasteiger partial charge < -0.3 is 5.11 Å². The molecule has 0 bridgehead atoms. The maximum absolute atomic E-state index is 11.2. The van der Waals surface area contributed by atoms with Crippen molar-refractivity contribution in [1.29, 1.82) is 0 Å². The predicted molar refractivity (Wildman–Crippen MR) is 100 cm³/mol. The third-order valence-electron chi connectivity index (χ3n) is 5.14. The molecule has 6 heteroatoms. The molecular formula is C19H20N2O3S. The number of aromatic hydroxyl groups is 1. The van der Waals surface area contributed by atoms with Crippen LogP contribution in [0.4, 0.5) is 5.69 Å². The molecule has 1 aromatic rings. The number of allylic oxidation sites excluding steroid dienone is 4. The number of phenols is 1. The van der Waals surface area contributed by atoms with Gasteiger partial charge in [0.25, 0.3) is 5.69 Å². The zero-order valence-electron chi connectivity index (χ0n) is 14.3. The van der Waals surface area contributed by atoms with Crippen LogP contribution in [0.5, 0.6) is 5.75 Å². The second kappa shape index (κ2) is 5.73. The van der Waals surface area contributed by atoms with Crippen LogP contribution in [0.2, 0.25) is 0 Å². The number of rotatable bonds is 2. The quantitative estimate of drug-likeness (QED) is 0.602. The van der Waals surface area contributed by atoms with E-state index in [1.165, 1.54) is 18.2 Å². The fraction of sp³-hybridized carbons (Fsp3) is 0.421. The number of nitro benzene ring substituents is 1. The Balaban J connectivity index is 1.92. The molecule has 130 valence electrons. The van der Waals surface area contributed by atoms with Gasteiger partial charge >= 0.3 is 0 Å². The van der Waals surface area contributed by atoms with Crippen LogP contribution >= 0.6 is 11.8 Å². The summed E-state index contributed by atoms with van der Waals surface area (Å²) in [4.78, 5) is 16.9. The van der Waals surface area contributed by atoms with E-state index in [0.717, 1.165) is 46.9 Å². The van der Waals surface area contributed by atoms with E-state index < -0.39 is 4.92 Å². The minimum Gasteiger partial charge on any atom is -0.508 e. The van der Waals surface area contributed by atoms with Crippen molar-refractivity contribution >= 4 is 23.2 Å². The first-order valence-corrected chi connectivity index (χ1v) is 9.48. The predicted octanol–water partition coefficient (Wildman–Crippen LogP) is 4.93. The number of benzene rings is 1. The molecule has 1 aromatic carbocycles. The summed E-state index contributed by atoms with van der Waals surface area (Å²) < 4.78 is 0. The SMILES string of the molecule is CC1(C)C=C2C(=NC3=C(SCC3)C2c2cc([N+](=O)[O-])ccc2O)CC1. The van der Waals surface area contributed by atoms with Crippen LogP contribution in [-0.2, 0) is 0 Å². The number of aliphatic imine (C=N–C) groups is 1. The fourth-order valence-electron chi connectivity index (χ4n) is 3.86. The number of thioether (sulfide) groups is 1. The molecule has 2 aliphatic heterocycles. The van der Waals surface area contributed by atoms with Gasteiger partial charge in [-0.25, -0.2) is 0 Å². The number of fused-ring (bicyclic) bond motifs is 1. The van der Waals surface area contributed by atoms with E-state index in [2.05, 4.69) is 19.9 Å². The minimum atomic E-state index is -0.406. The number of hydrogen-bond donors (Lipinski definition) is 1. The van der Waals surface area contributed by atoms with Gasteiger partial charge in [0.15, 0.2) is 0 Å². The lowest BCUT2D eigenvalue weighted by Gasteiger charge is -2.35. The molecule has 4 rings (SSSR count). The van der Waals surface area contributed by atoms with Crippen LogP contribution in [0.25, 0.3) is 0 Å². The molecule has 0 aromatic heterocycles. The summed E-state index contributed by atoms with van der Waals surface area (Å²) in [6.07, 6.45) is 5.12. The van der Waals surface area contributed by atoms with Crippen molar-refractivity contribution in [2.45, 2.75) is 39.0 Å². The molecule has 0 amide bonds. The molecule has 0 radical (unpaired) electrons. The van der Waals surface area contributed by atoms with Gasteiger partial charge in [-0.05, 0) is 36.3 Å². The van der Waals surface area contributed by atoms with E-state index in [1.807, 2.05) is 0 Å². The number of phenolic OH excluding ortho intramolecular Hbond substituents is 1. The molecule has 2 heterocycles. The van der Waals surface area contributed by atoms with Crippen LogP contribution in [0.3, 0.4) is 0 Å². The summed E-state index contributed by atoms with van der Waals surface area (Å²) in [6.45, 7) is 4.40. The molecule has 1 aliphatic carbocycles. The van der Waals surface area contributed by atoms with Crippen molar-refractivity contribution in [3.63, 3.8) is 0 Å². The number of non-ortho nitro benzene ring substituents is 1. The smallest absolute Gasteiger partial charge is 0.270 e. The Labute approximate surface area is 150 Å². The largest absolute Gasteiger partial charge is 0.508 e. The zero-order valence-corrected chi connectivity index (χ0v) is 15.1. The minimum absolute atomic E-state index is 0.0117. The number of hydrogen-bond acceptors (Lipinski definition) is 5. The molecule has 1 unspecified atom stereocenters. The number of nitro groups is 1. The molecule has 0 fully saturated rings. The molecule has 3 aliphatic rings. The van der Waals surface area contributed by atoms with E-state index >= 15 is 0 Å². The van der Waals surface area contributed by atoms with E-state index in [1.54, 1.807) is 11.8 Å². The summed E-state index contributed by atoms with van der Waals surface area (Å²) >= 11 is 1.76. The van der Waals surface area contributed by atoms with Crippen molar-refractivity contribution in [3.05, 3.63) is 56.1 Å². The Morgan fingerprint density at radius 3 is 2.92 bits per heavy atom. The van der Waals surface area contributed by atoms with Crippen molar-refractivity contribution < 1.29 is 10.0 Å². The first-order valence-electron chi connectivity index (χ1n) is 8.49. The second-order valence-corrected chi connectivity index (χ2v) is 8.63. The van der Waals surface area contributed by atoms with Gasteiger partial charge in [-0.3, -0.25) is 15.1 Å². The van der Waals surface area contributed by atoms with Crippen molar-refractivity contribution in [3.8, 4) is 5.75 Å². The van der Waals surface area contributed by atoms with E-state index in [-0.39, 0.29) is 22.8 Å². The molecule has 0 saturated carbocycles. The highest BCUT2D eigenvalue weighted by atomic mass is 32.2. The first kappa shape index (κ1) is 16.4. The Bertz CT molecular complexity index is 867. The van der Waals surface area contributed by atoms with Gasteiger partial charge in [-0.1, -0.05) is 19.9 Å². The average Bonchev–Trinajstić information content (AvgIpc) is 3.01. The Kier molecular flexibility index (Phi) is 3.76. The molecular weight excluding hydrogens is 336 g/mol. The highest BCUT2D eigenvalue weighted by molar-refractivity contribution is 8.03. The van der Waals surface area contributed by atoms with Gasteiger partial charge in [0.1, 0.15) is 5.75 Å². The summed E-state index contributed by atoms with van der Waals surface area (Å²) in [5.41, 5.74) is 3.97. The first-order chi connectivity index (χ1) is 11.9. The molecule has 0 spiro atoms. The summed E-state index contributed by atoms with van der Waals surface area (Å²) in [6, 6.07) is 4.31. The number of nitrogens with zero attached hydrogens (tertiary/aromatic N) is 2. The Hall–Kier alpha value is -2.08. The highest BCUT2D eigenvalue weighted by Crippen LogP contribution is 2.53. The van der Waals surface area contributed by atoms with Crippen molar-refractivity contribution in [2.75, 3.05) is 5.75 Å². The van der Waals surface area contributed by atoms with Gasteiger partial charge in [0.2, 0.25) is 0 Å². The van der Waals surface area contributed by atoms with Crippen LogP contribution in [0.15, 0.2) is 45.4 Å². The zero-order chi connectivity index (χ0) is 17.8. The third-order valence-corrected chi connectivity index (χ3v) is 6.33. The third kappa shape index (κ3) is 2.78. The Morgan fingerprint density at radius 1 is 1.36 bits per heavy atom. The highest BCUT2D eigenvalue weighted by Gasteiger charge is 2.39. The lowest BCUT2D eigenvalue weighted by Crippen LogP contribution is -2.26. The molecule has 25 heavy (non-hydrogen) atoms.